The Morgan fingerprint density at radius 1 is 0.276 bits per heavy atom. The van der Waals surface area contributed by atoms with E-state index >= 15 is 0 Å². The smallest absolute Gasteiger partial charge is 0.322 e. The number of imidazole rings is 9. The van der Waals surface area contributed by atoms with Gasteiger partial charge in [-0.2, -0.15) is 0 Å². The lowest BCUT2D eigenvalue weighted by Gasteiger charge is -2.28. The third-order valence-electron chi connectivity index (χ3n) is 14.9. The van der Waals surface area contributed by atoms with Crippen molar-refractivity contribution in [1.29, 1.82) is 0 Å². The van der Waals surface area contributed by atoms with Crippen molar-refractivity contribution in [3.63, 3.8) is 0 Å². The molecule has 514 valence electrons. The SMILES string of the molecule is CC(=O)N[C@@H](Cc1c[nH]cn1)C(=O)N[C@@H](Cc1c[nH]cn1)C(=O)N[C@@H](Cc1c[nH]cn1)C(=O)N[C@@H](Cc1c[nH]cn1)C(=O)N[C@@H](Cc1c[nH]cn1)C(=O)N[C@@H](Cc1c[nH]cn1)C(=O)N[C@@H](Cc1c[nH]cn1)C(=O)N[C@@H](Cc1c[nH]cn1)C(=O)N[C@@H](Cc1c[nH]cn1)C(=O)NCC(=O)O. The minimum Gasteiger partial charge on any atom is -0.480 e. The van der Waals surface area contributed by atoms with Crippen LogP contribution in [-0.4, -0.2) is 221 Å². The average Bonchev–Trinajstić information content (AvgIpc) is 1.04. The first-order valence-corrected chi connectivity index (χ1v) is 30.4. The second kappa shape index (κ2) is 34.3. The van der Waals surface area contributed by atoms with E-state index in [1.807, 2.05) is 0 Å². The Morgan fingerprint density at radius 2 is 0.429 bits per heavy atom. The van der Waals surface area contributed by atoms with Crippen LogP contribution in [0.25, 0.3) is 0 Å². The number of carbonyl (C=O) groups excluding carboxylic acids is 10. The molecular weight excluding hydrogens is 1280 g/mol. The Hall–Kier alpha value is -12.9. The summed E-state index contributed by atoms with van der Waals surface area (Å²) >= 11 is 0. The fourth-order valence-corrected chi connectivity index (χ4v) is 10.1. The maximum atomic E-state index is 15.0. The molecule has 9 rings (SSSR count). The van der Waals surface area contributed by atoms with Gasteiger partial charge in [-0.25, -0.2) is 44.9 Å². The van der Waals surface area contributed by atoms with Crippen LogP contribution in [0.4, 0.5) is 0 Å². The van der Waals surface area contributed by atoms with Gasteiger partial charge in [-0.1, -0.05) is 0 Å². The summed E-state index contributed by atoms with van der Waals surface area (Å²) < 4.78 is 0. The molecule has 0 aromatic carbocycles. The molecule has 20 N–H and O–H groups in total. The van der Waals surface area contributed by atoms with Gasteiger partial charge in [0.2, 0.25) is 59.1 Å². The van der Waals surface area contributed by atoms with Crippen LogP contribution in [0.3, 0.4) is 0 Å². The van der Waals surface area contributed by atoms with Crippen LogP contribution < -0.4 is 53.2 Å². The molecule has 40 nitrogen and oxygen atoms in total. The molecule has 0 radical (unpaired) electrons. The lowest BCUT2D eigenvalue weighted by atomic mass is 10.0. The first kappa shape index (κ1) is 69.4. The quantitative estimate of drug-likeness (QED) is 0.0171. The van der Waals surface area contributed by atoms with E-state index in [4.69, 9.17) is 0 Å². The van der Waals surface area contributed by atoms with Crippen LogP contribution in [0.5, 0.6) is 0 Å². The summed E-state index contributed by atoms with van der Waals surface area (Å²) in [6.45, 7) is 0.445. The summed E-state index contributed by atoms with van der Waals surface area (Å²) in [6, 6.07) is -13.4. The highest BCUT2D eigenvalue weighted by atomic mass is 16.4. The van der Waals surface area contributed by atoms with Crippen molar-refractivity contribution in [3.05, 3.63) is 164 Å². The van der Waals surface area contributed by atoms with Crippen molar-refractivity contribution < 1.29 is 57.8 Å². The first-order chi connectivity index (χ1) is 47.4. The van der Waals surface area contributed by atoms with Crippen LogP contribution in [0.1, 0.15) is 58.2 Å². The minimum atomic E-state index is -1.59. The maximum absolute atomic E-state index is 15.0. The number of rotatable bonds is 38. The van der Waals surface area contributed by atoms with Crippen molar-refractivity contribution in [2.24, 2.45) is 0 Å². The molecule has 0 aliphatic heterocycles. The minimum absolute atomic E-state index is 0.0584. The second-order valence-electron chi connectivity index (χ2n) is 22.2. The van der Waals surface area contributed by atoms with Crippen molar-refractivity contribution in [2.75, 3.05) is 6.54 Å². The molecule has 0 saturated heterocycles. The maximum Gasteiger partial charge on any atom is 0.322 e. The molecule has 0 aliphatic rings. The fraction of sp³-hybridized carbons (Fsp3) is 0.345. The van der Waals surface area contributed by atoms with Crippen molar-refractivity contribution in [2.45, 2.75) is 119 Å². The van der Waals surface area contributed by atoms with Crippen LogP contribution in [-0.2, 0) is 111 Å². The summed E-state index contributed by atoms with van der Waals surface area (Å²) in [4.78, 5) is 218. The summed E-state index contributed by atoms with van der Waals surface area (Å²) in [7, 11) is 0. The molecule has 0 unspecified atom stereocenters. The summed E-state index contributed by atoms with van der Waals surface area (Å²) in [6.07, 6.45) is 23.1. The van der Waals surface area contributed by atoms with E-state index in [0.717, 1.165) is 0 Å². The van der Waals surface area contributed by atoms with Gasteiger partial charge in [0, 0.05) is 120 Å². The Bertz CT molecular complexity index is 3990. The van der Waals surface area contributed by atoms with Crippen LogP contribution in [0, 0.1) is 0 Å². The number of carbonyl (C=O) groups is 11. The van der Waals surface area contributed by atoms with Gasteiger partial charge in [-0.05, 0) is 0 Å². The van der Waals surface area contributed by atoms with Gasteiger partial charge in [0.25, 0.3) is 0 Å². The molecule has 0 saturated carbocycles. The number of H-pyrrole nitrogens is 9. The number of aromatic nitrogens is 18. The van der Waals surface area contributed by atoms with Gasteiger partial charge >= 0.3 is 5.97 Å². The van der Waals surface area contributed by atoms with Gasteiger partial charge < -0.3 is 103 Å². The average molecular weight is 1350 g/mol. The van der Waals surface area contributed by atoms with Crippen molar-refractivity contribution in [1.82, 2.24) is 143 Å². The molecule has 9 atom stereocenters. The molecular formula is C58H70N28O12. The highest BCUT2D eigenvalue weighted by Crippen LogP contribution is 2.12. The van der Waals surface area contributed by atoms with E-state index in [0.29, 0.717) is 22.8 Å². The van der Waals surface area contributed by atoms with E-state index < -0.39 is 126 Å². The van der Waals surface area contributed by atoms with Crippen molar-refractivity contribution >= 4 is 65.0 Å². The first-order valence-electron chi connectivity index (χ1n) is 30.4. The van der Waals surface area contributed by atoms with Gasteiger partial charge in [0.15, 0.2) is 0 Å². The molecule has 9 aromatic heterocycles. The van der Waals surface area contributed by atoms with E-state index in [1.165, 1.54) is 120 Å². The molecule has 0 aliphatic carbocycles. The number of nitrogens with zero attached hydrogens (tertiary/aromatic N) is 9. The van der Waals surface area contributed by atoms with E-state index in [9.17, 15) is 57.8 Å². The van der Waals surface area contributed by atoms with Gasteiger partial charge in [-0.3, -0.25) is 52.7 Å². The number of nitrogens with one attached hydrogen (secondary N) is 19. The molecule has 98 heavy (non-hydrogen) atoms. The third-order valence-corrected chi connectivity index (χ3v) is 14.9. The Labute approximate surface area is 553 Å². The lowest BCUT2D eigenvalue weighted by Crippen LogP contribution is -2.62. The monoisotopic (exact) mass is 1350 g/mol. The van der Waals surface area contributed by atoms with Gasteiger partial charge in [-0.15, -0.1) is 0 Å². The number of aromatic amines is 9. The molecule has 10 amide bonds. The zero-order chi connectivity index (χ0) is 69.3. The topological polar surface area (TPSA) is 586 Å². The summed E-state index contributed by atoms with van der Waals surface area (Å²) in [5.74, 6) is -10.1. The number of amides is 10. The van der Waals surface area contributed by atoms with Crippen molar-refractivity contribution in [3.8, 4) is 0 Å². The largest absolute Gasteiger partial charge is 0.480 e. The Balaban J connectivity index is 0.951. The van der Waals surface area contributed by atoms with Gasteiger partial charge in [0.1, 0.15) is 60.9 Å². The second-order valence-corrected chi connectivity index (χ2v) is 22.2. The van der Waals surface area contributed by atoms with Crippen LogP contribution >= 0.6 is 0 Å². The summed E-state index contributed by atoms with van der Waals surface area (Å²) in [5.41, 5.74) is 2.72. The van der Waals surface area contributed by atoms with Crippen LogP contribution in [0.2, 0.25) is 0 Å². The molecule has 0 fully saturated rings. The van der Waals surface area contributed by atoms with Crippen LogP contribution in [0.15, 0.2) is 113 Å². The molecule has 0 bridgehead atoms. The number of aliphatic carboxylic acids is 1. The van der Waals surface area contributed by atoms with Gasteiger partial charge in [0.05, 0.1) is 108 Å². The highest BCUT2D eigenvalue weighted by molar-refractivity contribution is 5.99. The fourth-order valence-electron chi connectivity index (χ4n) is 10.1. The number of carboxylic acid groups (broad SMARTS) is 1. The molecule has 9 heterocycles. The predicted molar refractivity (Wildman–Crippen MR) is 334 cm³/mol. The number of hydrogen-bond donors (Lipinski definition) is 20. The lowest BCUT2D eigenvalue weighted by molar-refractivity contribution is -0.138. The predicted octanol–water partition coefficient (Wildman–Crippen LogP) is -5.74. The normalized spacial score (nSPS) is 13.9. The zero-order valence-electron chi connectivity index (χ0n) is 52.1. The zero-order valence-corrected chi connectivity index (χ0v) is 52.1. The van der Waals surface area contributed by atoms with E-state index in [2.05, 4.69) is 143 Å². The highest BCUT2D eigenvalue weighted by Gasteiger charge is 2.37. The standard InChI is InChI=1S/C58H70N28O12/c1-30(87)78-41(3-32-12-60-22-70-32)51(91)80-43(5-34-14-62-24-72-34)53(93)82-45(7-36-16-64-26-74-36)55(95)84-47(9-38-18-66-28-76-38)57(97)86-48(10-39-19-67-29-77-39)58(98)85-46(8-37-17-65-27-75-37)56(96)83-44(6-35-15-63-25-73-35)54(94)81-42(4-33-13-61-23-71-33)52(92)79-40(2-31-11-59-21-69-31)50(90)68-20-49(88)89/h11-19,21-29,40-48H,2-10,20H2,1H3,(H,59,69)(H,60,70)(H,61,71)(H,62,72)(H,63,73)(H,64,74)(H,65,75)(H,66,76)(H,67,77)(H,68,90)(H,78,87)(H,79,92)(H,80,91)(H,81,94)(H,82,93)(H,83,96)(H,84,95)(H,85,98)(H,86,97)(H,88,89)/t40-,41-,42-,43-,44-,45-,46-,47-,48-/m0/s1. The third kappa shape index (κ3) is 21.0. The Morgan fingerprint density at radius 3 is 0.561 bits per heavy atom. The molecule has 9 aromatic rings. The van der Waals surface area contributed by atoms with E-state index in [1.54, 1.807) is 0 Å². The van der Waals surface area contributed by atoms with E-state index in [-0.39, 0.29) is 86.3 Å². The summed E-state index contributed by atoms with van der Waals surface area (Å²) in [5, 5.41) is 35.5. The number of carboxylic acids is 1. The molecule has 40 heteroatoms. The number of hydrogen-bond acceptors (Lipinski definition) is 20. The Kier molecular flexibility index (Phi) is 24.3. The molecule has 0 spiro atoms.